The Morgan fingerprint density at radius 1 is 1.47 bits per heavy atom. The van der Waals surface area contributed by atoms with Gasteiger partial charge in [-0.05, 0) is 12.1 Å². The van der Waals surface area contributed by atoms with Gasteiger partial charge in [-0.1, -0.05) is 12.1 Å². The van der Waals surface area contributed by atoms with Crippen LogP contribution in [0.3, 0.4) is 0 Å². The Morgan fingerprint density at radius 2 is 2.32 bits per heavy atom. The number of nitrogens with zero attached hydrogens (tertiary/aromatic N) is 2. The van der Waals surface area contributed by atoms with E-state index in [9.17, 15) is 5.26 Å². The van der Waals surface area contributed by atoms with E-state index in [0.29, 0.717) is 19.0 Å². The summed E-state index contributed by atoms with van der Waals surface area (Å²) in [6.07, 6.45) is 1.74. The minimum absolute atomic E-state index is 0.397. The van der Waals surface area contributed by atoms with E-state index in [4.69, 9.17) is 9.47 Å². The molecule has 0 saturated carbocycles. The Morgan fingerprint density at radius 3 is 2.95 bits per heavy atom. The summed E-state index contributed by atoms with van der Waals surface area (Å²) in [5, 5.41) is 9.24. The fraction of sp³-hybridized carbons (Fsp3) is 0.286. The van der Waals surface area contributed by atoms with E-state index < -0.39 is 5.41 Å². The number of methoxy groups -OCH3 is 1. The van der Waals surface area contributed by atoms with Crippen molar-refractivity contribution in [2.24, 2.45) is 0 Å². The molecule has 2 aromatic rings. The summed E-state index contributed by atoms with van der Waals surface area (Å²) in [7, 11) is 1.63. The molecule has 0 unspecified atom stereocenters. The molecule has 1 saturated heterocycles. The van der Waals surface area contributed by atoms with Crippen LogP contribution < -0.4 is 4.74 Å². The maximum absolute atomic E-state index is 9.24. The third kappa shape index (κ3) is 1.86. The predicted molar refractivity (Wildman–Crippen MR) is 68.7 cm³/mol. The second kappa shape index (κ2) is 4.41. The van der Waals surface area contributed by atoms with Crippen LogP contribution in [0.2, 0.25) is 0 Å². The third-order valence-electron chi connectivity index (χ3n) is 3.32. The Kier molecular flexibility index (Phi) is 2.73. The van der Waals surface area contributed by atoms with Crippen molar-refractivity contribution in [2.45, 2.75) is 5.41 Å². The van der Waals surface area contributed by atoms with Gasteiger partial charge in [0.2, 0.25) is 0 Å². The van der Waals surface area contributed by atoms with Crippen molar-refractivity contribution in [1.29, 1.82) is 5.26 Å². The summed E-state index contributed by atoms with van der Waals surface area (Å²) >= 11 is 0. The molecule has 19 heavy (non-hydrogen) atoms. The standard InChI is InChI=1S/C14H13N3O2/c1-18-11-4-2-3-10(5-11)12-6-16-13(17-12)14(7-15)8-19-9-14/h2-6H,8-9H2,1H3,(H,16,17). The lowest BCUT2D eigenvalue weighted by molar-refractivity contribution is -0.0335. The number of ether oxygens (including phenoxy) is 2. The molecule has 1 aromatic carbocycles. The van der Waals surface area contributed by atoms with E-state index in [-0.39, 0.29) is 0 Å². The molecule has 1 aliphatic heterocycles. The molecule has 96 valence electrons. The molecule has 0 spiro atoms. The van der Waals surface area contributed by atoms with Crippen molar-refractivity contribution < 1.29 is 9.47 Å². The highest BCUT2D eigenvalue weighted by molar-refractivity contribution is 5.61. The molecule has 0 amide bonds. The van der Waals surface area contributed by atoms with Crippen LogP contribution in [0.5, 0.6) is 5.75 Å². The first-order valence-corrected chi connectivity index (χ1v) is 5.96. The summed E-state index contributed by atoms with van der Waals surface area (Å²) in [4.78, 5) is 7.52. The number of hydrogen-bond acceptors (Lipinski definition) is 4. The van der Waals surface area contributed by atoms with Crippen LogP contribution in [-0.2, 0) is 10.2 Å². The second-order valence-electron chi connectivity index (χ2n) is 4.56. The van der Waals surface area contributed by atoms with Crippen molar-refractivity contribution in [3.63, 3.8) is 0 Å². The molecular formula is C14H13N3O2. The highest BCUT2D eigenvalue weighted by atomic mass is 16.5. The first-order valence-electron chi connectivity index (χ1n) is 5.96. The van der Waals surface area contributed by atoms with Crippen molar-refractivity contribution >= 4 is 0 Å². The molecule has 0 aliphatic carbocycles. The van der Waals surface area contributed by atoms with Crippen LogP contribution >= 0.6 is 0 Å². The van der Waals surface area contributed by atoms with Gasteiger partial charge in [-0.25, -0.2) is 4.98 Å². The fourth-order valence-electron chi connectivity index (χ4n) is 2.06. The Labute approximate surface area is 110 Å². The van der Waals surface area contributed by atoms with Crippen molar-refractivity contribution in [3.05, 3.63) is 36.3 Å². The molecule has 5 heteroatoms. The number of hydrogen-bond donors (Lipinski definition) is 1. The van der Waals surface area contributed by atoms with E-state index in [1.54, 1.807) is 13.3 Å². The highest BCUT2D eigenvalue weighted by Gasteiger charge is 2.43. The second-order valence-corrected chi connectivity index (χ2v) is 4.56. The first kappa shape index (κ1) is 11.8. The summed E-state index contributed by atoms with van der Waals surface area (Å²) < 4.78 is 10.3. The smallest absolute Gasteiger partial charge is 0.161 e. The van der Waals surface area contributed by atoms with Gasteiger partial charge >= 0.3 is 0 Å². The minimum atomic E-state index is -0.614. The number of nitrogens with one attached hydrogen (secondary N) is 1. The van der Waals surface area contributed by atoms with Crippen molar-refractivity contribution in [3.8, 4) is 23.1 Å². The van der Waals surface area contributed by atoms with Gasteiger partial charge in [0.1, 0.15) is 11.6 Å². The number of aromatic nitrogens is 2. The predicted octanol–water partition coefficient (Wildman–Crippen LogP) is 1.88. The largest absolute Gasteiger partial charge is 0.497 e. The lowest BCUT2D eigenvalue weighted by Gasteiger charge is -2.32. The van der Waals surface area contributed by atoms with Gasteiger partial charge < -0.3 is 14.5 Å². The molecule has 3 rings (SSSR count). The molecule has 1 aliphatic rings. The monoisotopic (exact) mass is 255 g/mol. The Balaban J connectivity index is 1.95. The average molecular weight is 255 g/mol. The summed E-state index contributed by atoms with van der Waals surface area (Å²) in [5.41, 5.74) is 1.23. The van der Waals surface area contributed by atoms with Gasteiger partial charge in [0, 0.05) is 5.56 Å². The molecule has 2 heterocycles. The number of benzene rings is 1. The van der Waals surface area contributed by atoms with Gasteiger partial charge in [0.15, 0.2) is 5.41 Å². The van der Waals surface area contributed by atoms with Gasteiger partial charge in [0.05, 0.1) is 38.3 Å². The average Bonchev–Trinajstić information content (AvgIpc) is 2.88. The van der Waals surface area contributed by atoms with Gasteiger partial charge in [-0.15, -0.1) is 0 Å². The zero-order chi connectivity index (χ0) is 13.3. The molecule has 0 atom stereocenters. The molecule has 1 N–H and O–H groups in total. The van der Waals surface area contributed by atoms with Crippen LogP contribution in [-0.4, -0.2) is 30.3 Å². The molecule has 0 radical (unpaired) electrons. The van der Waals surface area contributed by atoms with Crippen LogP contribution in [0.4, 0.5) is 0 Å². The normalized spacial score (nSPS) is 16.4. The van der Waals surface area contributed by atoms with Crippen molar-refractivity contribution in [2.75, 3.05) is 20.3 Å². The van der Waals surface area contributed by atoms with Gasteiger partial charge in [-0.2, -0.15) is 5.26 Å². The van der Waals surface area contributed by atoms with Crippen LogP contribution in [0.1, 0.15) is 5.82 Å². The van der Waals surface area contributed by atoms with Gasteiger partial charge in [-0.3, -0.25) is 0 Å². The van der Waals surface area contributed by atoms with Crippen LogP contribution in [0, 0.1) is 11.3 Å². The fourth-order valence-corrected chi connectivity index (χ4v) is 2.06. The van der Waals surface area contributed by atoms with Gasteiger partial charge in [0.25, 0.3) is 0 Å². The maximum atomic E-state index is 9.24. The molecular weight excluding hydrogens is 242 g/mol. The number of rotatable bonds is 3. The Bertz CT molecular complexity index is 638. The van der Waals surface area contributed by atoms with E-state index in [2.05, 4.69) is 16.0 Å². The number of H-pyrrole nitrogens is 1. The summed E-state index contributed by atoms with van der Waals surface area (Å²) in [6, 6.07) is 9.97. The zero-order valence-corrected chi connectivity index (χ0v) is 10.5. The number of nitriles is 1. The molecule has 1 fully saturated rings. The van der Waals surface area contributed by atoms with E-state index >= 15 is 0 Å². The highest BCUT2D eigenvalue weighted by Crippen LogP contribution is 2.31. The van der Waals surface area contributed by atoms with E-state index in [1.165, 1.54) is 0 Å². The molecule has 1 aromatic heterocycles. The van der Waals surface area contributed by atoms with Crippen LogP contribution in [0.25, 0.3) is 11.3 Å². The van der Waals surface area contributed by atoms with Crippen LogP contribution in [0.15, 0.2) is 30.5 Å². The zero-order valence-electron chi connectivity index (χ0n) is 10.5. The quantitative estimate of drug-likeness (QED) is 0.909. The minimum Gasteiger partial charge on any atom is -0.497 e. The Hall–Kier alpha value is -2.32. The molecule has 0 bridgehead atoms. The topological polar surface area (TPSA) is 70.9 Å². The summed E-state index contributed by atoms with van der Waals surface area (Å²) in [6.45, 7) is 0.795. The third-order valence-corrected chi connectivity index (χ3v) is 3.32. The van der Waals surface area contributed by atoms with E-state index in [1.807, 2.05) is 24.3 Å². The lowest BCUT2D eigenvalue weighted by Crippen LogP contribution is -2.46. The summed E-state index contributed by atoms with van der Waals surface area (Å²) in [5.74, 6) is 1.45. The maximum Gasteiger partial charge on any atom is 0.161 e. The first-order chi connectivity index (χ1) is 9.27. The lowest BCUT2D eigenvalue weighted by atomic mass is 9.87. The number of aromatic amines is 1. The SMILES string of the molecule is COc1cccc(-c2cnc(C3(C#N)COC3)[nH]2)c1. The van der Waals surface area contributed by atoms with E-state index in [0.717, 1.165) is 17.0 Å². The van der Waals surface area contributed by atoms with Crippen molar-refractivity contribution in [1.82, 2.24) is 9.97 Å². The molecule has 5 nitrogen and oxygen atoms in total. The number of imidazole rings is 1.